The van der Waals surface area contributed by atoms with Crippen LogP contribution in [0.4, 0.5) is 8.78 Å². The summed E-state index contributed by atoms with van der Waals surface area (Å²) in [6.07, 6.45) is 3.61. The molecular formula is C28H35F2N3O3. The summed E-state index contributed by atoms with van der Waals surface area (Å²) in [4.78, 5) is 30.4. The number of rotatable bonds is 9. The molecule has 0 saturated carbocycles. The predicted octanol–water partition coefficient (Wildman–Crippen LogP) is 4.44. The van der Waals surface area contributed by atoms with Crippen molar-refractivity contribution >= 4 is 11.8 Å². The average Bonchev–Trinajstić information content (AvgIpc) is 3.22. The van der Waals surface area contributed by atoms with E-state index in [-0.39, 0.29) is 30.3 Å². The Morgan fingerprint density at radius 3 is 2.44 bits per heavy atom. The summed E-state index contributed by atoms with van der Waals surface area (Å²) in [6, 6.07) is 11.4. The maximum Gasteiger partial charge on any atom is 0.226 e. The maximum absolute atomic E-state index is 13.5. The second kappa shape index (κ2) is 11.8. The normalized spacial score (nSPS) is 21.1. The van der Waals surface area contributed by atoms with Gasteiger partial charge in [0.05, 0.1) is 19.1 Å². The first-order valence-electron chi connectivity index (χ1n) is 12.8. The van der Waals surface area contributed by atoms with Crippen molar-refractivity contribution in [1.29, 1.82) is 0 Å². The zero-order chi connectivity index (χ0) is 25.7. The molecule has 2 fully saturated rings. The monoisotopic (exact) mass is 499 g/mol. The highest BCUT2D eigenvalue weighted by atomic mass is 19.2. The van der Waals surface area contributed by atoms with E-state index in [2.05, 4.69) is 17.1 Å². The van der Waals surface area contributed by atoms with Gasteiger partial charge in [-0.2, -0.15) is 0 Å². The van der Waals surface area contributed by atoms with Gasteiger partial charge >= 0.3 is 0 Å². The Morgan fingerprint density at radius 1 is 1.08 bits per heavy atom. The third-order valence-corrected chi connectivity index (χ3v) is 7.30. The summed E-state index contributed by atoms with van der Waals surface area (Å²) in [7, 11) is 1.61. The van der Waals surface area contributed by atoms with Gasteiger partial charge in [0.2, 0.25) is 11.8 Å². The highest BCUT2D eigenvalue weighted by Crippen LogP contribution is 2.39. The van der Waals surface area contributed by atoms with Gasteiger partial charge in [-0.05, 0) is 54.7 Å². The van der Waals surface area contributed by atoms with E-state index in [1.54, 1.807) is 13.2 Å². The van der Waals surface area contributed by atoms with Gasteiger partial charge in [-0.15, -0.1) is 0 Å². The summed E-state index contributed by atoms with van der Waals surface area (Å²) in [5, 5.41) is 3.20. The smallest absolute Gasteiger partial charge is 0.226 e. The molecule has 2 amide bonds. The summed E-state index contributed by atoms with van der Waals surface area (Å²) in [6.45, 7) is 4.77. The molecule has 2 aromatic carbocycles. The lowest BCUT2D eigenvalue weighted by molar-refractivity contribution is -0.129. The Kier molecular flexibility index (Phi) is 8.56. The van der Waals surface area contributed by atoms with Crippen molar-refractivity contribution in [3.63, 3.8) is 0 Å². The number of halogens is 2. The van der Waals surface area contributed by atoms with Crippen LogP contribution in [0.25, 0.3) is 0 Å². The van der Waals surface area contributed by atoms with Crippen molar-refractivity contribution in [2.75, 3.05) is 26.7 Å². The molecule has 2 heterocycles. The lowest BCUT2D eigenvalue weighted by Gasteiger charge is -2.34. The van der Waals surface area contributed by atoms with Gasteiger partial charge in [-0.1, -0.05) is 31.5 Å². The van der Waals surface area contributed by atoms with E-state index in [0.29, 0.717) is 13.1 Å². The van der Waals surface area contributed by atoms with Crippen molar-refractivity contribution in [2.45, 2.75) is 57.7 Å². The molecule has 36 heavy (non-hydrogen) atoms. The molecule has 2 aliphatic heterocycles. The summed E-state index contributed by atoms with van der Waals surface area (Å²) < 4.78 is 32.0. The van der Waals surface area contributed by atoms with Crippen LogP contribution in [-0.4, -0.2) is 54.4 Å². The molecule has 1 N–H and O–H groups in total. The Morgan fingerprint density at radius 2 is 1.81 bits per heavy atom. The number of hydrogen-bond donors (Lipinski definition) is 1. The van der Waals surface area contributed by atoms with E-state index in [0.717, 1.165) is 61.7 Å². The largest absolute Gasteiger partial charge is 0.497 e. The van der Waals surface area contributed by atoms with E-state index in [9.17, 15) is 18.4 Å². The molecule has 0 radical (unpaired) electrons. The summed E-state index contributed by atoms with van der Waals surface area (Å²) in [5.74, 6) is -1.44. The van der Waals surface area contributed by atoms with Crippen LogP contribution in [-0.2, 0) is 16.1 Å². The van der Waals surface area contributed by atoms with E-state index >= 15 is 0 Å². The maximum atomic E-state index is 13.5. The number of ether oxygens (including phenoxy) is 1. The number of likely N-dealkylation sites (tertiary alicyclic amines) is 2. The fourth-order valence-corrected chi connectivity index (χ4v) is 5.27. The molecule has 6 nitrogen and oxygen atoms in total. The second-order valence-corrected chi connectivity index (χ2v) is 9.78. The SMILES string of the molecule is CCCCN1C(=O)C[C@@H](C(=O)NC2CCN(Cc3ccc(F)c(F)c3)CC2)[C@H]1c1ccc(OC)cc1. The van der Waals surface area contributed by atoms with E-state index < -0.39 is 17.6 Å². The Hall–Kier alpha value is -3.00. The average molecular weight is 500 g/mol. The van der Waals surface area contributed by atoms with Crippen LogP contribution in [0.3, 0.4) is 0 Å². The minimum atomic E-state index is -0.841. The molecule has 0 spiro atoms. The number of unbranched alkanes of at least 4 members (excludes halogenated alkanes) is 1. The molecular weight excluding hydrogens is 464 g/mol. The van der Waals surface area contributed by atoms with Gasteiger partial charge < -0.3 is 15.0 Å². The van der Waals surface area contributed by atoms with Crippen LogP contribution in [0, 0.1) is 17.6 Å². The van der Waals surface area contributed by atoms with Gasteiger partial charge in [0.25, 0.3) is 0 Å². The number of nitrogens with zero attached hydrogens (tertiary/aromatic N) is 2. The number of methoxy groups -OCH3 is 1. The lowest BCUT2D eigenvalue weighted by atomic mass is 9.91. The third kappa shape index (κ3) is 6.03. The third-order valence-electron chi connectivity index (χ3n) is 7.30. The fourth-order valence-electron chi connectivity index (χ4n) is 5.27. The van der Waals surface area contributed by atoms with Crippen LogP contribution in [0.2, 0.25) is 0 Å². The molecule has 194 valence electrons. The minimum Gasteiger partial charge on any atom is -0.497 e. The number of carbonyl (C=O) groups is 2. The van der Waals surface area contributed by atoms with Gasteiger partial charge in [0, 0.05) is 38.6 Å². The van der Waals surface area contributed by atoms with Crippen LogP contribution >= 0.6 is 0 Å². The predicted molar refractivity (Wildman–Crippen MR) is 133 cm³/mol. The fraction of sp³-hybridized carbons (Fsp3) is 0.500. The van der Waals surface area contributed by atoms with Crippen molar-refractivity contribution in [3.8, 4) is 5.75 Å². The molecule has 0 aromatic heterocycles. The zero-order valence-electron chi connectivity index (χ0n) is 21.0. The van der Waals surface area contributed by atoms with Gasteiger partial charge in [-0.25, -0.2) is 8.78 Å². The highest BCUT2D eigenvalue weighted by Gasteiger charge is 2.44. The van der Waals surface area contributed by atoms with E-state index in [1.807, 2.05) is 29.2 Å². The van der Waals surface area contributed by atoms with Gasteiger partial charge in [0.1, 0.15) is 5.75 Å². The molecule has 2 aliphatic rings. The number of nitrogens with one attached hydrogen (secondary N) is 1. The molecule has 8 heteroatoms. The quantitative estimate of drug-likeness (QED) is 0.554. The van der Waals surface area contributed by atoms with Gasteiger partial charge in [-0.3, -0.25) is 14.5 Å². The molecule has 0 unspecified atom stereocenters. The molecule has 0 bridgehead atoms. The van der Waals surface area contributed by atoms with Crippen LogP contribution < -0.4 is 10.1 Å². The van der Waals surface area contributed by atoms with Crippen molar-refractivity contribution in [2.24, 2.45) is 5.92 Å². The lowest BCUT2D eigenvalue weighted by Crippen LogP contribution is -2.46. The number of benzene rings is 2. The Balaban J connectivity index is 1.38. The van der Waals surface area contributed by atoms with Crippen LogP contribution in [0.1, 0.15) is 56.2 Å². The van der Waals surface area contributed by atoms with E-state index in [4.69, 9.17) is 4.74 Å². The minimum absolute atomic E-state index is 0.0192. The Labute approximate surface area is 211 Å². The second-order valence-electron chi connectivity index (χ2n) is 9.78. The van der Waals surface area contributed by atoms with Gasteiger partial charge in [0.15, 0.2) is 11.6 Å². The number of hydrogen-bond acceptors (Lipinski definition) is 4. The van der Waals surface area contributed by atoms with Crippen LogP contribution in [0.15, 0.2) is 42.5 Å². The van der Waals surface area contributed by atoms with Crippen molar-refractivity contribution in [1.82, 2.24) is 15.1 Å². The first kappa shape index (κ1) is 26.1. The standard InChI is InChI=1S/C28H35F2N3O3/c1-3-4-13-33-26(34)17-23(27(33)20-6-8-22(36-2)9-7-20)28(35)31-21-11-14-32(15-12-21)18-19-5-10-24(29)25(30)16-19/h5-10,16,21,23,27H,3-4,11-15,17-18H2,1-2H3,(H,31,35)/t23-,27-/m1/s1. The molecule has 0 aliphatic carbocycles. The first-order valence-corrected chi connectivity index (χ1v) is 12.8. The highest BCUT2D eigenvalue weighted by molar-refractivity contribution is 5.90. The van der Waals surface area contributed by atoms with Crippen molar-refractivity contribution < 1.29 is 23.1 Å². The topological polar surface area (TPSA) is 61.9 Å². The number of piperidine rings is 1. The van der Waals surface area contributed by atoms with Crippen LogP contribution in [0.5, 0.6) is 5.75 Å². The van der Waals surface area contributed by atoms with E-state index in [1.165, 1.54) is 6.07 Å². The zero-order valence-corrected chi connectivity index (χ0v) is 21.0. The summed E-state index contributed by atoms with van der Waals surface area (Å²) >= 11 is 0. The molecule has 4 rings (SSSR count). The molecule has 2 saturated heterocycles. The first-order chi connectivity index (χ1) is 17.4. The Bertz CT molecular complexity index is 1050. The summed E-state index contributed by atoms with van der Waals surface area (Å²) in [5.41, 5.74) is 1.68. The van der Waals surface area contributed by atoms with Crippen molar-refractivity contribution in [3.05, 3.63) is 65.2 Å². The molecule has 2 aromatic rings. The number of amides is 2. The number of carbonyl (C=O) groups excluding carboxylic acids is 2. The molecule has 2 atom stereocenters.